The highest BCUT2D eigenvalue weighted by Crippen LogP contribution is 2.39. The predicted molar refractivity (Wildman–Crippen MR) is 121 cm³/mol. The Hall–Kier alpha value is -3.05. The van der Waals surface area contributed by atoms with Gasteiger partial charge in [0.25, 0.3) is 0 Å². The highest BCUT2D eigenvalue weighted by atomic mass is 79.9. The van der Waals surface area contributed by atoms with Crippen molar-refractivity contribution in [3.05, 3.63) is 112 Å². The van der Waals surface area contributed by atoms with Crippen LogP contribution in [0, 0.1) is 11.6 Å². The molecule has 154 valence electrons. The second kappa shape index (κ2) is 7.89. The van der Waals surface area contributed by atoms with E-state index in [2.05, 4.69) is 15.9 Å². The molecule has 0 radical (unpaired) electrons. The summed E-state index contributed by atoms with van der Waals surface area (Å²) in [6, 6.07) is 22.9. The minimum atomic E-state index is -0.652. The number of carbonyl (C=O) groups is 1. The second-order valence-corrected chi connectivity index (χ2v) is 8.71. The maximum Gasteiger partial charge on any atom is 0.165 e. The smallest absolute Gasteiger partial charge is 0.165 e. The van der Waals surface area contributed by atoms with Gasteiger partial charge in [0.2, 0.25) is 0 Å². The van der Waals surface area contributed by atoms with Crippen molar-refractivity contribution < 1.29 is 13.6 Å². The molecule has 4 aromatic rings. The Morgan fingerprint density at radius 3 is 2.19 bits per heavy atom. The van der Waals surface area contributed by atoms with Crippen molar-refractivity contribution in [2.45, 2.75) is 18.8 Å². The average molecular weight is 478 g/mol. The van der Waals surface area contributed by atoms with Crippen molar-refractivity contribution in [3.8, 4) is 16.9 Å². The first-order chi connectivity index (χ1) is 15.0. The van der Waals surface area contributed by atoms with Crippen LogP contribution in [0.3, 0.4) is 0 Å². The number of halogens is 3. The summed E-state index contributed by atoms with van der Waals surface area (Å²) in [6.07, 6.45) is 1.03. The van der Waals surface area contributed by atoms with Gasteiger partial charge in [-0.2, -0.15) is 0 Å². The Balaban J connectivity index is 1.73. The van der Waals surface area contributed by atoms with Gasteiger partial charge in [0, 0.05) is 28.2 Å². The van der Waals surface area contributed by atoms with Gasteiger partial charge in [-0.25, -0.2) is 8.78 Å². The first kappa shape index (κ1) is 19.9. The molecule has 0 unspecified atom stereocenters. The van der Waals surface area contributed by atoms with Gasteiger partial charge >= 0.3 is 0 Å². The topological polar surface area (TPSA) is 22.0 Å². The third-order valence-corrected chi connectivity index (χ3v) is 6.32. The Labute approximate surface area is 187 Å². The summed E-state index contributed by atoms with van der Waals surface area (Å²) in [7, 11) is 0. The van der Waals surface area contributed by atoms with Crippen LogP contribution in [0.15, 0.2) is 83.3 Å². The number of fused-ring (bicyclic) bond motifs is 1. The molecule has 3 aromatic carbocycles. The predicted octanol–water partition coefficient (Wildman–Crippen LogP) is 7.10. The highest BCUT2D eigenvalue weighted by Gasteiger charge is 2.31. The SMILES string of the molecule is O=C1C[C@@H](c2ccccc2)Cc2c1cc(-c1ccc(Br)cc1)n2-c1cc(F)cc(F)c1. The van der Waals surface area contributed by atoms with E-state index in [0.29, 0.717) is 24.1 Å². The molecule has 0 aliphatic heterocycles. The van der Waals surface area contributed by atoms with Crippen molar-refractivity contribution in [3.63, 3.8) is 0 Å². The van der Waals surface area contributed by atoms with E-state index in [1.807, 2.05) is 65.2 Å². The number of ketones is 1. The monoisotopic (exact) mass is 477 g/mol. The first-order valence-corrected chi connectivity index (χ1v) is 10.8. The molecule has 0 saturated carbocycles. The lowest BCUT2D eigenvalue weighted by molar-refractivity contribution is 0.0963. The molecule has 1 atom stereocenters. The van der Waals surface area contributed by atoms with Crippen LogP contribution in [0.1, 0.15) is 34.0 Å². The summed E-state index contributed by atoms with van der Waals surface area (Å²) in [6.45, 7) is 0. The lowest BCUT2D eigenvalue weighted by Gasteiger charge is -2.24. The zero-order chi connectivity index (χ0) is 21.5. The number of carbonyl (C=O) groups excluding carboxylic acids is 1. The average Bonchev–Trinajstić information content (AvgIpc) is 3.14. The van der Waals surface area contributed by atoms with E-state index in [1.165, 1.54) is 12.1 Å². The molecule has 31 heavy (non-hydrogen) atoms. The van der Waals surface area contributed by atoms with Crippen molar-refractivity contribution in [1.82, 2.24) is 4.57 Å². The molecule has 5 rings (SSSR count). The zero-order valence-corrected chi connectivity index (χ0v) is 18.1. The molecule has 0 saturated heterocycles. The Kier molecular flexibility index (Phi) is 5.06. The van der Waals surface area contributed by atoms with Crippen LogP contribution in [0.25, 0.3) is 16.9 Å². The van der Waals surface area contributed by atoms with Gasteiger partial charge in [-0.1, -0.05) is 58.4 Å². The maximum atomic E-state index is 14.1. The lowest BCUT2D eigenvalue weighted by Crippen LogP contribution is -2.20. The van der Waals surface area contributed by atoms with Crippen molar-refractivity contribution >= 4 is 21.7 Å². The maximum absolute atomic E-state index is 14.1. The van der Waals surface area contributed by atoms with Crippen molar-refractivity contribution in [1.29, 1.82) is 0 Å². The summed E-state index contributed by atoms with van der Waals surface area (Å²) < 4.78 is 31.0. The Morgan fingerprint density at radius 1 is 0.839 bits per heavy atom. The van der Waals surface area contributed by atoms with E-state index < -0.39 is 11.6 Å². The number of hydrogen-bond donors (Lipinski definition) is 0. The molecule has 5 heteroatoms. The molecule has 1 heterocycles. The van der Waals surface area contributed by atoms with E-state index >= 15 is 0 Å². The molecular weight excluding hydrogens is 460 g/mol. The normalized spacial score (nSPS) is 15.7. The van der Waals surface area contributed by atoms with Gasteiger partial charge in [-0.15, -0.1) is 0 Å². The fourth-order valence-electron chi connectivity index (χ4n) is 4.39. The lowest BCUT2D eigenvalue weighted by atomic mass is 9.82. The number of benzene rings is 3. The van der Waals surface area contributed by atoms with Gasteiger partial charge in [0.15, 0.2) is 5.78 Å². The van der Waals surface area contributed by atoms with Gasteiger partial charge in [-0.3, -0.25) is 4.79 Å². The number of rotatable bonds is 3. The molecule has 0 bridgehead atoms. The quantitative estimate of drug-likeness (QED) is 0.308. The summed E-state index contributed by atoms with van der Waals surface area (Å²) in [5, 5.41) is 0. The summed E-state index contributed by atoms with van der Waals surface area (Å²) >= 11 is 3.44. The number of nitrogens with zero attached hydrogens (tertiary/aromatic N) is 1. The van der Waals surface area contributed by atoms with Crippen LogP contribution in [-0.4, -0.2) is 10.4 Å². The summed E-state index contributed by atoms with van der Waals surface area (Å²) in [5.41, 5.74) is 4.47. The Morgan fingerprint density at radius 2 is 1.52 bits per heavy atom. The van der Waals surface area contributed by atoms with E-state index in [1.54, 1.807) is 0 Å². The van der Waals surface area contributed by atoms with E-state index in [9.17, 15) is 13.6 Å². The zero-order valence-electron chi connectivity index (χ0n) is 16.5. The Bertz CT molecular complexity index is 1260. The van der Waals surface area contributed by atoms with Crippen LogP contribution >= 0.6 is 15.9 Å². The second-order valence-electron chi connectivity index (χ2n) is 7.80. The van der Waals surface area contributed by atoms with Gasteiger partial charge in [0.1, 0.15) is 11.6 Å². The molecule has 0 N–H and O–H groups in total. The number of aromatic nitrogens is 1. The van der Waals surface area contributed by atoms with E-state index in [4.69, 9.17) is 0 Å². The van der Waals surface area contributed by atoms with Crippen LogP contribution in [-0.2, 0) is 6.42 Å². The molecule has 0 amide bonds. The molecule has 0 spiro atoms. The molecule has 1 aliphatic rings. The van der Waals surface area contributed by atoms with Gasteiger partial charge in [0.05, 0.1) is 11.4 Å². The first-order valence-electron chi connectivity index (χ1n) is 10.0. The van der Waals surface area contributed by atoms with Crippen molar-refractivity contribution in [2.75, 3.05) is 0 Å². The molecule has 1 aliphatic carbocycles. The van der Waals surface area contributed by atoms with E-state index in [-0.39, 0.29) is 11.7 Å². The van der Waals surface area contributed by atoms with Crippen LogP contribution in [0.4, 0.5) is 8.78 Å². The summed E-state index contributed by atoms with van der Waals surface area (Å²) in [4.78, 5) is 13.1. The third-order valence-electron chi connectivity index (χ3n) is 5.79. The largest absolute Gasteiger partial charge is 0.313 e. The van der Waals surface area contributed by atoms with Crippen LogP contribution < -0.4 is 0 Å². The standard InChI is InChI=1S/C26H18BrF2NO/c27-19-8-6-17(7-9-19)24-15-23-25(30(24)22-13-20(28)12-21(29)14-22)10-18(11-26(23)31)16-4-2-1-3-5-16/h1-9,12-15,18H,10-11H2/t18-/m0/s1. The van der Waals surface area contributed by atoms with Gasteiger partial charge in [-0.05, 0) is 53.8 Å². The minimum Gasteiger partial charge on any atom is -0.313 e. The van der Waals surface area contributed by atoms with Gasteiger partial charge < -0.3 is 4.57 Å². The summed E-state index contributed by atoms with van der Waals surface area (Å²) in [5.74, 6) is -1.24. The van der Waals surface area contributed by atoms with Crippen LogP contribution in [0.2, 0.25) is 0 Å². The third kappa shape index (κ3) is 3.74. The molecule has 1 aromatic heterocycles. The fraction of sp³-hybridized carbons (Fsp3) is 0.115. The molecule has 0 fully saturated rings. The van der Waals surface area contributed by atoms with E-state index in [0.717, 1.165) is 33.1 Å². The molecule has 2 nitrogen and oxygen atoms in total. The number of Topliss-reactive ketones (excluding diaryl/α,β-unsaturated/α-hetero) is 1. The molecular formula is C26H18BrF2NO. The van der Waals surface area contributed by atoms with Crippen LogP contribution in [0.5, 0.6) is 0 Å². The fourth-order valence-corrected chi connectivity index (χ4v) is 4.65. The highest BCUT2D eigenvalue weighted by molar-refractivity contribution is 9.10. The minimum absolute atomic E-state index is 0.0195. The number of hydrogen-bond acceptors (Lipinski definition) is 1. The van der Waals surface area contributed by atoms with Crippen molar-refractivity contribution in [2.24, 2.45) is 0 Å².